The highest BCUT2D eigenvalue weighted by molar-refractivity contribution is 6.08. The minimum Gasteiger partial charge on any atom is -0.489 e. The number of hydrogen-bond acceptors (Lipinski definition) is 4. The SMILES string of the molecule is COCCOc1cc(C)ccc1NC(=O)C1=Cc2ccccc2OC1. The van der Waals surface area contributed by atoms with Gasteiger partial charge in [-0.3, -0.25) is 4.79 Å². The number of anilines is 1. The Kier molecular flexibility index (Phi) is 5.36. The smallest absolute Gasteiger partial charge is 0.255 e. The Hall–Kier alpha value is -2.79. The van der Waals surface area contributed by atoms with Crippen molar-refractivity contribution in [3.8, 4) is 11.5 Å². The largest absolute Gasteiger partial charge is 0.489 e. The van der Waals surface area contributed by atoms with Crippen molar-refractivity contribution >= 4 is 17.7 Å². The third-order valence-electron chi connectivity index (χ3n) is 3.85. The van der Waals surface area contributed by atoms with Crippen molar-refractivity contribution in [2.24, 2.45) is 0 Å². The van der Waals surface area contributed by atoms with Crippen LogP contribution in [0.1, 0.15) is 11.1 Å². The highest BCUT2D eigenvalue weighted by Crippen LogP contribution is 2.29. The average molecular weight is 339 g/mol. The Morgan fingerprint density at radius 2 is 2.04 bits per heavy atom. The molecule has 0 spiro atoms. The van der Waals surface area contributed by atoms with Gasteiger partial charge in [-0.15, -0.1) is 0 Å². The minimum atomic E-state index is -0.199. The molecule has 130 valence electrons. The zero-order chi connectivity index (χ0) is 17.6. The van der Waals surface area contributed by atoms with Crippen LogP contribution in [0.2, 0.25) is 0 Å². The summed E-state index contributed by atoms with van der Waals surface area (Å²) in [6, 6.07) is 13.3. The van der Waals surface area contributed by atoms with Crippen LogP contribution in [0.5, 0.6) is 11.5 Å². The fraction of sp³-hybridized carbons (Fsp3) is 0.250. The molecule has 1 N–H and O–H groups in total. The van der Waals surface area contributed by atoms with Gasteiger partial charge in [-0.05, 0) is 36.8 Å². The lowest BCUT2D eigenvalue weighted by Gasteiger charge is -2.18. The quantitative estimate of drug-likeness (QED) is 0.819. The summed E-state index contributed by atoms with van der Waals surface area (Å²) in [5.41, 5.74) is 3.16. The van der Waals surface area contributed by atoms with E-state index in [1.807, 2.05) is 55.5 Å². The lowest BCUT2D eigenvalue weighted by Crippen LogP contribution is -2.21. The molecule has 1 aliphatic heterocycles. The summed E-state index contributed by atoms with van der Waals surface area (Å²) in [6.07, 6.45) is 1.85. The molecule has 3 rings (SSSR count). The van der Waals surface area contributed by atoms with Crippen molar-refractivity contribution in [2.75, 3.05) is 32.2 Å². The number of fused-ring (bicyclic) bond motifs is 1. The zero-order valence-corrected chi connectivity index (χ0v) is 14.4. The molecule has 2 aromatic carbocycles. The van der Waals surface area contributed by atoms with Crippen LogP contribution in [-0.2, 0) is 9.53 Å². The van der Waals surface area contributed by atoms with Crippen molar-refractivity contribution in [3.05, 3.63) is 59.2 Å². The molecule has 2 aromatic rings. The maximum atomic E-state index is 12.6. The predicted octanol–water partition coefficient (Wildman–Crippen LogP) is 3.43. The van der Waals surface area contributed by atoms with Crippen LogP contribution in [0, 0.1) is 6.92 Å². The molecule has 0 saturated carbocycles. The molecule has 25 heavy (non-hydrogen) atoms. The van der Waals surface area contributed by atoms with Gasteiger partial charge in [0.2, 0.25) is 0 Å². The molecule has 0 unspecified atom stereocenters. The van der Waals surface area contributed by atoms with E-state index in [1.54, 1.807) is 7.11 Å². The highest BCUT2D eigenvalue weighted by atomic mass is 16.5. The maximum Gasteiger partial charge on any atom is 0.255 e. The first-order valence-electron chi connectivity index (χ1n) is 8.13. The molecule has 0 radical (unpaired) electrons. The van der Waals surface area contributed by atoms with E-state index in [0.29, 0.717) is 30.2 Å². The summed E-state index contributed by atoms with van der Waals surface area (Å²) in [5.74, 6) is 1.22. The van der Waals surface area contributed by atoms with Crippen LogP contribution in [-0.4, -0.2) is 32.8 Å². The topological polar surface area (TPSA) is 56.8 Å². The Morgan fingerprint density at radius 3 is 2.88 bits per heavy atom. The molecule has 0 aromatic heterocycles. The number of aryl methyl sites for hydroxylation is 1. The van der Waals surface area contributed by atoms with Crippen molar-refractivity contribution in [1.82, 2.24) is 0 Å². The van der Waals surface area contributed by atoms with E-state index in [2.05, 4.69) is 5.32 Å². The van der Waals surface area contributed by atoms with Crippen molar-refractivity contribution in [1.29, 1.82) is 0 Å². The van der Waals surface area contributed by atoms with Crippen LogP contribution in [0.25, 0.3) is 6.08 Å². The molecule has 0 saturated heterocycles. The van der Waals surface area contributed by atoms with E-state index in [4.69, 9.17) is 14.2 Å². The molecule has 1 heterocycles. The molecule has 0 aliphatic carbocycles. The van der Waals surface area contributed by atoms with Crippen LogP contribution in [0.4, 0.5) is 5.69 Å². The number of nitrogens with one attached hydrogen (secondary N) is 1. The molecule has 5 nitrogen and oxygen atoms in total. The van der Waals surface area contributed by atoms with Gasteiger partial charge in [0, 0.05) is 12.7 Å². The molecular formula is C20H21NO4. The first-order chi connectivity index (χ1) is 12.2. The fourth-order valence-electron chi connectivity index (χ4n) is 2.54. The molecule has 1 aliphatic rings. The summed E-state index contributed by atoms with van der Waals surface area (Å²) in [4.78, 5) is 12.6. The summed E-state index contributed by atoms with van der Waals surface area (Å²) in [6.45, 7) is 3.12. The second-order valence-electron chi connectivity index (χ2n) is 5.79. The third-order valence-corrected chi connectivity index (χ3v) is 3.85. The molecule has 0 fully saturated rings. The predicted molar refractivity (Wildman–Crippen MR) is 97.1 cm³/mol. The lowest BCUT2D eigenvalue weighted by atomic mass is 10.1. The van der Waals surface area contributed by atoms with Gasteiger partial charge in [-0.1, -0.05) is 24.3 Å². The van der Waals surface area contributed by atoms with E-state index in [-0.39, 0.29) is 12.5 Å². The lowest BCUT2D eigenvalue weighted by molar-refractivity contribution is -0.113. The monoisotopic (exact) mass is 339 g/mol. The number of benzene rings is 2. The highest BCUT2D eigenvalue weighted by Gasteiger charge is 2.18. The Balaban J connectivity index is 1.76. The van der Waals surface area contributed by atoms with E-state index in [1.165, 1.54) is 0 Å². The van der Waals surface area contributed by atoms with Crippen LogP contribution >= 0.6 is 0 Å². The van der Waals surface area contributed by atoms with E-state index >= 15 is 0 Å². The van der Waals surface area contributed by atoms with Gasteiger partial charge in [0.1, 0.15) is 24.7 Å². The second kappa shape index (κ2) is 7.85. The second-order valence-corrected chi connectivity index (χ2v) is 5.79. The Morgan fingerprint density at radius 1 is 1.20 bits per heavy atom. The van der Waals surface area contributed by atoms with Gasteiger partial charge < -0.3 is 19.5 Å². The van der Waals surface area contributed by atoms with Crippen LogP contribution in [0.15, 0.2) is 48.0 Å². The standard InChI is InChI=1S/C20H21NO4/c1-14-7-8-17(19(11-14)24-10-9-23-2)21-20(22)16-12-15-5-3-4-6-18(15)25-13-16/h3-8,11-12H,9-10,13H2,1-2H3,(H,21,22). The van der Waals surface area contributed by atoms with Gasteiger partial charge in [-0.25, -0.2) is 0 Å². The number of amides is 1. The first kappa shape index (κ1) is 17.0. The number of rotatable bonds is 6. The van der Waals surface area contributed by atoms with Gasteiger partial charge in [0.05, 0.1) is 17.9 Å². The van der Waals surface area contributed by atoms with E-state index in [0.717, 1.165) is 16.9 Å². The number of para-hydroxylation sites is 1. The summed E-state index contributed by atoms with van der Waals surface area (Å²) in [5, 5.41) is 2.91. The van der Waals surface area contributed by atoms with E-state index in [9.17, 15) is 4.79 Å². The molecule has 0 bridgehead atoms. The summed E-state index contributed by atoms with van der Waals surface area (Å²) >= 11 is 0. The third kappa shape index (κ3) is 4.19. The van der Waals surface area contributed by atoms with Crippen molar-refractivity contribution < 1.29 is 19.0 Å². The van der Waals surface area contributed by atoms with Gasteiger partial charge in [0.25, 0.3) is 5.91 Å². The van der Waals surface area contributed by atoms with Crippen LogP contribution < -0.4 is 14.8 Å². The molecule has 5 heteroatoms. The zero-order valence-electron chi connectivity index (χ0n) is 14.4. The fourth-order valence-corrected chi connectivity index (χ4v) is 2.54. The maximum absolute atomic E-state index is 12.6. The van der Waals surface area contributed by atoms with Gasteiger partial charge in [-0.2, -0.15) is 0 Å². The van der Waals surface area contributed by atoms with Crippen LogP contribution in [0.3, 0.4) is 0 Å². The molecular weight excluding hydrogens is 318 g/mol. The number of carbonyl (C=O) groups excluding carboxylic acids is 1. The normalized spacial score (nSPS) is 12.6. The van der Waals surface area contributed by atoms with Crippen molar-refractivity contribution in [3.63, 3.8) is 0 Å². The summed E-state index contributed by atoms with van der Waals surface area (Å²) in [7, 11) is 1.62. The van der Waals surface area contributed by atoms with E-state index < -0.39 is 0 Å². The Labute approximate surface area is 147 Å². The number of hydrogen-bond donors (Lipinski definition) is 1. The Bertz CT molecular complexity index is 798. The van der Waals surface area contributed by atoms with Crippen molar-refractivity contribution in [2.45, 2.75) is 6.92 Å². The number of methoxy groups -OCH3 is 1. The average Bonchev–Trinajstić information content (AvgIpc) is 2.63. The summed E-state index contributed by atoms with van der Waals surface area (Å²) < 4.78 is 16.4. The first-order valence-corrected chi connectivity index (χ1v) is 8.13. The number of ether oxygens (including phenoxy) is 3. The molecule has 1 amide bonds. The molecule has 0 atom stereocenters. The van der Waals surface area contributed by atoms with Gasteiger partial charge in [0.15, 0.2) is 0 Å². The number of carbonyl (C=O) groups is 1. The van der Waals surface area contributed by atoms with Gasteiger partial charge >= 0.3 is 0 Å². The minimum absolute atomic E-state index is 0.199.